The summed E-state index contributed by atoms with van der Waals surface area (Å²) in [7, 11) is 0. The van der Waals surface area contributed by atoms with Crippen molar-refractivity contribution in [2.45, 2.75) is 25.7 Å². The molecular weight excluding hydrogens is 188 g/mol. The van der Waals surface area contributed by atoms with Crippen LogP contribution < -0.4 is 0 Å². The highest BCUT2D eigenvalue weighted by atomic mass is 16.3. The highest BCUT2D eigenvalue weighted by Crippen LogP contribution is 2.36. The van der Waals surface area contributed by atoms with Gasteiger partial charge in [0.25, 0.3) is 0 Å². The second kappa shape index (κ2) is 3.89. The zero-order chi connectivity index (χ0) is 10.8. The molecule has 2 heteroatoms. The Morgan fingerprint density at radius 3 is 2.87 bits per heavy atom. The topological polar surface area (TPSA) is 37.3 Å². The summed E-state index contributed by atoms with van der Waals surface area (Å²) in [5.74, 6) is 0.413. The zero-order valence-electron chi connectivity index (χ0n) is 8.73. The normalized spacial score (nSPS) is 19.4. The molecule has 0 saturated heterocycles. The number of phenols is 1. The van der Waals surface area contributed by atoms with E-state index in [0.29, 0.717) is 11.8 Å². The molecular formula is C13H14O2. The van der Waals surface area contributed by atoms with Gasteiger partial charge in [0, 0.05) is 11.5 Å². The molecule has 1 aliphatic rings. The maximum absolute atomic E-state index is 10.8. The van der Waals surface area contributed by atoms with Gasteiger partial charge in [0.2, 0.25) is 0 Å². The van der Waals surface area contributed by atoms with Gasteiger partial charge in [-0.3, -0.25) is 4.79 Å². The van der Waals surface area contributed by atoms with E-state index in [1.165, 1.54) is 0 Å². The summed E-state index contributed by atoms with van der Waals surface area (Å²) >= 11 is 0. The van der Waals surface area contributed by atoms with E-state index in [1.54, 1.807) is 6.07 Å². The van der Waals surface area contributed by atoms with Gasteiger partial charge in [-0.1, -0.05) is 18.2 Å². The number of phenolic OH excluding ortho intramolecular Hbond substituents is 1. The first-order valence-electron chi connectivity index (χ1n) is 5.17. The largest absolute Gasteiger partial charge is 0.507 e. The van der Waals surface area contributed by atoms with E-state index >= 15 is 0 Å². The van der Waals surface area contributed by atoms with Gasteiger partial charge in [-0.2, -0.15) is 0 Å². The summed E-state index contributed by atoms with van der Waals surface area (Å²) in [6.45, 7) is 1.94. The number of allylic oxidation sites excluding steroid dienone is 2. The lowest BCUT2D eigenvalue weighted by Crippen LogP contribution is -1.96. The quantitative estimate of drug-likeness (QED) is 0.591. The van der Waals surface area contributed by atoms with Crippen molar-refractivity contribution >= 4 is 6.29 Å². The average Bonchev–Trinajstić information content (AvgIpc) is 2.74. The number of hydrogen-bond acceptors (Lipinski definition) is 2. The average molecular weight is 202 g/mol. The molecule has 0 aromatic heterocycles. The second-order valence-electron chi connectivity index (χ2n) is 4.02. The predicted molar refractivity (Wildman–Crippen MR) is 59.3 cm³/mol. The molecule has 0 heterocycles. The zero-order valence-corrected chi connectivity index (χ0v) is 8.73. The summed E-state index contributed by atoms with van der Waals surface area (Å²) in [5, 5.41) is 9.91. The van der Waals surface area contributed by atoms with E-state index in [1.807, 2.05) is 13.0 Å². The molecule has 0 bridgehead atoms. The maximum atomic E-state index is 10.8. The summed E-state index contributed by atoms with van der Waals surface area (Å²) in [5.41, 5.74) is 2.29. The van der Waals surface area contributed by atoms with Crippen molar-refractivity contribution in [1.82, 2.24) is 0 Å². The highest BCUT2D eigenvalue weighted by molar-refractivity contribution is 5.80. The van der Waals surface area contributed by atoms with Crippen molar-refractivity contribution in [3.05, 3.63) is 41.0 Å². The minimum absolute atomic E-state index is 0.146. The van der Waals surface area contributed by atoms with Crippen molar-refractivity contribution in [2.24, 2.45) is 0 Å². The van der Waals surface area contributed by atoms with Gasteiger partial charge in [-0.15, -0.1) is 0 Å². The molecule has 0 radical (unpaired) electrons. The number of carbonyl (C=O) groups excluding carboxylic acids is 1. The summed E-state index contributed by atoms with van der Waals surface area (Å²) in [6, 6.07) is 3.67. The van der Waals surface area contributed by atoms with Crippen LogP contribution in [0.1, 0.15) is 40.2 Å². The van der Waals surface area contributed by atoms with E-state index in [2.05, 4.69) is 12.2 Å². The second-order valence-corrected chi connectivity index (χ2v) is 4.02. The fourth-order valence-corrected chi connectivity index (χ4v) is 2.10. The number of benzene rings is 1. The molecule has 0 aliphatic heterocycles. The van der Waals surface area contributed by atoms with Gasteiger partial charge in [0.15, 0.2) is 6.29 Å². The van der Waals surface area contributed by atoms with Gasteiger partial charge >= 0.3 is 0 Å². The van der Waals surface area contributed by atoms with Crippen molar-refractivity contribution < 1.29 is 9.90 Å². The van der Waals surface area contributed by atoms with Crippen LogP contribution in [-0.2, 0) is 0 Å². The number of aromatic hydroxyl groups is 1. The number of carbonyl (C=O) groups is 1. The number of hydrogen-bond donors (Lipinski definition) is 1. The SMILES string of the molecule is Cc1cc(C=O)c(O)c(C2C=CCC2)c1. The van der Waals surface area contributed by atoms with Gasteiger partial charge < -0.3 is 5.11 Å². The molecule has 0 saturated carbocycles. The fraction of sp³-hybridized carbons (Fsp3) is 0.308. The minimum Gasteiger partial charge on any atom is -0.507 e. The Labute approximate surface area is 89.2 Å². The number of rotatable bonds is 2. The van der Waals surface area contributed by atoms with Gasteiger partial charge in [0.1, 0.15) is 5.75 Å². The Hall–Kier alpha value is -1.57. The van der Waals surface area contributed by atoms with Crippen LogP contribution >= 0.6 is 0 Å². The molecule has 1 aliphatic carbocycles. The van der Waals surface area contributed by atoms with Crippen LogP contribution in [0, 0.1) is 6.92 Å². The lowest BCUT2D eigenvalue weighted by atomic mass is 9.94. The van der Waals surface area contributed by atoms with Crippen molar-refractivity contribution in [1.29, 1.82) is 0 Å². The van der Waals surface area contributed by atoms with Crippen LogP contribution in [0.25, 0.3) is 0 Å². The molecule has 1 aromatic rings. The third-order valence-electron chi connectivity index (χ3n) is 2.85. The summed E-state index contributed by atoms with van der Waals surface area (Å²) in [4.78, 5) is 10.8. The first-order chi connectivity index (χ1) is 7.22. The highest BCUT2D eigenvalue weighted by Gasteiger charge is 2.17. The molecule has 0 amide bonds. The Morgan fingerprint density at radius 2 is 2.27 bits per heavy atom. The molecule has 0 fully saturated rings. The van der Waals surface area contributed by atoms with E-state index in [-0.39, 0.29) is 11.7 Å². The first kappa shape index (κ1) is 9.97. The molecule has 1 N–H and O–H groups in total. The molecule has 1 unspecified atom stereocenters. The fourth-order valence-electron chi connectivity index (χ4n) is 2.10. The van der Waals surface area contributed by atoms with Crippen LogP contribution in [0.4, 0.5) is 0 Å². The van der Waals surface area contributed by atoms with Crippen LogP contribution in [0.15, 0.2) is 24.3 Å². The number of aldehydes is 1. The van der Waals surface area contributed by atoms with Crippen molar-refractivity contribution in [3.8, 4) is 5.75 Å². The monoisotopic (exact) mass is 202 g/mol. The van der Waals surface area contributed by atoms with Gasteiger partial charge in [0.05, 0.1) is 5.56 Å². The maximum Gasteiger partial charge on any atom is 0.153 e. The molecule has 15 heavy (non-hydrogen) atoms. The lowest BCUT2D eigenvalue weighted by Gasteiger charge is -2.13. The van der Waals surface area contributed by atoms with Crippen molar-refractivity contribution in [2.75, 3.05) is 0 Å². The van der Waals surface area contributed by atoms with Crippen LogP contribution in [0.5, 0.6) is 5.75 Å². The standard InChI is InChI=1S/C13H14O2/c1-9-6-11(8-14)13(15)12(7-9)10-4-2-3-5-10/h2,4,6-8,10,15H,3,5H2,1H3. The lowest BCUT2D eigenvalue weighted by molar-refractivity contribution is 0.112. The van der Waals surface area contributed by atoms with E-state index in [9.17, 15) is 9.90 Å². The minimum atomic E-state index is 0.146. The van der Waals surface area contributed by atoms with E-state index < -0.39 is 0 Å². The Kier molecular flexibility index (Phi) is 2.58. The third kappa shape index (κ3) is 1.80. The van der Waals surface area contributed by atoms with Gasteiger partial charge in [-0.05, 0) is 31.4 Å². The smallest absolute Gasteiger partial charge is 0.153 e. The molecule has 78 valence electrons. The Bertz CT molecular complexity index is 419. The first-order valence-corrected chi connectivity index (χ1v) is 5.17. The van der Waals surface area contributed by atoms with Crippen LogP contribution in [-0.4, -0.2) is 11.4 Å². The Balaban J connectivity index is 2.49. The Morgan fingerprint density at radius 1 is 1.47 bits per heavy atom. The molecule has 0 spiro atoms. The summed E-state index contributed by atoms with van der Waals surface area (Å²) < 4.78 is 0. The van der Waals surface area contributed by atoms with E-state index in [0.717, 1.165) is 24.0 Å². The van der Waals surface area contributed by atoms with E-state index in [4.69, 9.17) is 0 Å². The summed E-state index contributed by atoms with van der Waals surface area (Å²) in [6.07, 6.45) is 7.00. The predicted octanol–water partition coefficient (Wildman–Crippen LogP) is 2.95. The van der Waals surface area contributed by atoms with Gasteiger partial charge in [-0.25, -0.2) is 0 Å². The van der Waals surface area contributed by atoms with Crippen LogP contribution in [0.2, 0.25) is 0 Å². The molecule has 1 aromatic carbocycles. The molecule has 2 nitrogen and oxygen atoms in total. The van der Waals surface area contributed by atoms with Crippen molar-refractivity contribution in [3.63, 3.8) is 0 Å². The molecule has 1 atom stereocenters. The molecule has 2 rings (SSSR count). The number of aryl methyl sites for hydroxylation is 1. The third-order valence-corrected chi connectivity index (χ3v) is 2.85. The van der Waals surface area contributed by atoms with Crippen LogP contribution in [0.3, 0.4) is 0 Å².